The van der Waals surface area contributed by atoms with E-state index >= 15 is 0 Å². The number of rotatable bonds is 5. The van der Waals surface area contributed by atoms with Gasteiger partial charge < -0.3 is 19.8 Å². The first-order valence-corrected chi connectivity index (χ1v) is 10.2. The molecule has 2 aromatic carbocycles. The molecule has 0 radical (unpaired) electrons. The minimum Gasteiger partial charge on any atom is -0.490 e. The lowest BCUT2D eigenvalue weighted by Crippen LogP contribution is -2.58. The molecule has 0 aliphatic carbocycles. The van der Waals surface area contributed by atoms with E-state index in [0.717, 1.165) is 11.3 Å². The molecule has 2 N–H and O–H groups in total. The summed E-state index contributed by atoms with van der Waals surface area (Å²) in [5.74, 6) is -0.455. The summed E-state index contributed by atoms with van der Waals surface area (Å²) in [4.78, 5) is 28.9. The van der Waals surface area contributed by atoms with Crippen molar-refractivity contribution < 1.29 is 24.5 Å². The molecule has 30 heavy (non-hydrogen) atoms. The number of carbonyl (C=O) groups is 2. The number of carbonyl (C=O) groups excluding carboxylic acids is 1. The van der Waals surface area contributed by atoms with E-state index in [1.54, 1.807) is 4.90 Å². The first-order valence-electron chi connectivity index (χ1n) is 10.2. The Morgan fingerprint density at radius 3 is 2.57 bits per heavy atom. The van der Waals surface area contributed by atoms with Crippen LogP contribution in [0.25, 0.3) is 0 Å². The van der Waals surface area contributed by atoms with E-state index in [2.05, 4.69) is 0 Å². The van der Waals surface area contributed by atoms with Crippen LogP contribution in [-0.4, -0.2) is 65.9 Å². The summed E-state index contributed by atoms with van der Waals surface area (Å²) in [5.41, 5.74) is 0.247. The second-order valence-electron chi connectivity index (χ2n) is 8.00. The zero-order valence-corrected chi connectivity index (χ0v) is 16.7. The summed E-state index contributed by atoms with van der Waals surface area (Å²) in [6, 6.07) is 16.7. The number of fused-ring (bicyclic) bond motifs is 1. The van der Waals surface area contributed by atoms with Gasteiger partial charge in [0.15, 0.2) is 0 Å². The predicted octanol–water partition coefficient (Wildman–Crippen LogP) is 1.79. The highest BCUT2D eigenvalue weighted by molar-refractivity contribution is 5.96. The number of piperidine rings is 1. The number of likely N-dealkylation sites (tertiary alicyclic amines) is 1. The Morgan fingerprint density at radius 1 is 1.07 bits per heavy atom. The summed E-state index contributed by atoms with van der Waals surface area (Å²) in [6.45, 7) is 1.58. The van der Waals surface area contributed by atoms with Gasteiger partial charge in [-0.1, -0.05) is 42.5 Å². The molecule has 2 atom stereocenters. The zero-order valence-electron chi connectivity index (χ0n) is 16.7. The Bertz CT molecular complexity index is 919. The molecule has 0 saturated carbocycles. The van der Waals surface area contributed by atoms with Gasteiger partial charge in [0.05, 0.1) is 24.9 Å². The molecule has 0 unspecified atom stereocenters. The first-order chi connectivity index (χ1) is 14.5. The highest BCUT2D eigenvalue weighted by atomic mass is 16.5. The average molecular weight is 410 g/mol. The molecule has 4 rings (SSSR count). The third-order valence-electron chi connectivity index (χ3n) is 6.04. The smallest absolute Gasteiger partial charge is 0.313 e. The molecule has 1 fully saturated rings. The second-order valence-corrected chi connectivity index (χ2v) is 8.00. The normalized spacial score (nSPS) is 24.0. The van der Waals surface area contributed by atoms with Gasteiger partial charge in [0.25, 0.3) is 0 Å². The van der Waals surface area contributed by atoms with Crippen LogP contribution < -0.4 is 9.64 Å². The van der Waals surface area contributed by atoms with Crippen LogP contribution in [0.4, 0.5) is 5.69 Å². The van der Waals surface area contributed by atoms with Crippen molar-refractivity contribution in [2.24, 2.45) is 5.41 Å². The minimum atomic E-state index is -1.34. The van der Waals surface area contributed by atoms with Crippen molar-refractivity contribution in [1.29, 1.82) is 0 Å². The van der Waals surface area contributed by atoms with Crippen LogP contribution >= 0.6 is 0 Å². The number of carboxylic acids is 1. The van der Waals surface area contributed by atoms with Gasteiger partial charge in [-0.3, -0.25) is 14.5 Å². The molecule has 0 aromatic heterocycles. The van der Waals surface area contributed by atoms with Gasteiger partial charge in [0, 0.05) is 13.1 Å². The van der Waals surface area contributed by atoms with Gasteiger partial charge in [-0.15, -0.1) is 0 Å². The van der Waals surface area contributed by atoms with Crippen molar-refractivity contribution in [3.05, 3.63) is 60.2 Å². The second kappa shape index (κ2) is 8.45. The fourth-order valence-electron chi connectivity index (χ4n) is 4.42. The number of anilines is 1. The molecule has 1 saturated heterocycles. The van der Waals surface area contributed by atoms with Gasteiger partial charge in [-0.25, -0.2) is 0 Å². The maximum Gasteiger partial charge on any atom is 0.313 e. The molecule has 7 nitrogen and oxygen atoms in total. The van der Waals surface area contributed by atoms with Crippen LogP contribution in [-0.2, 0) is 16.0 Å². The fraction of sp³-hybridized carbons (Fsp3) is 0.391. The van der Waals surface area contributed by atoms with E-state index in [0.29, 0.717) is 31.9 Å². The molecule has 0 spiro atoms. The minimum absolute atomic E-state index is 0.0962. The summed E-state index contributed by atoms with van der Waals surface area (Å²) in [7, 11) is 0. The summed E-state index contributed by atoms with van der Waals surface area (Å²) in [6.07, 6.45) is -0.438. The van der Waals surface area contributed by atoms with E-state index in [1.807, 2.05) is 59.5 Å². The molecule has 2 aliphatic rings. The van der Waals surface area contributed by atoms with Gasteiger partial charge in [0.2, 0.25) is 5.91 Å². The lowest BCUT2D eigenvalue weighted by molar-refractivity contribution is -0.164. The highest BCUT2D eigenvalue weighted by Crippen LogP contribution is 2.35. The van der Waals surface area contributed by atoms with E-state index in [4.69, 9.17) is 4.74 Å². The Balaban J connectivity index is 1.51. The van der Waals surface area contributed by atoms with Crippen LogP contribution in [0.15, 0.2) is 54.6 Å². The quantitative estimate of drug-likeness (QED) is 0.781. The average Bonchev–Trinajstić information content (AvgIpc) is 2.76. The van der Waals surface area contributed by atoms with Gasteiger partial charge in [-0.2, -0.15) is 0 Å². The van der Waals surface area contributed by atoms with E-state index in [9.17, 15) is 19.8 Å². The topological polar surface area (TPSA) is 90.3 Å². The maximum atomic E-state index is 13.1. The molecule has 0 bridgehead atoms. The standard InChI is InChI=1S/C23H26N2O5/c26-20-10-11-24(16-23(20,22(28)29)14-17-6-2-1-3-7-17)15-21(27)25-12-13-30-19-9-5-4-8-18(19)25/h1-9,20,26H,10-16H2,(H,28,29)/t20-,23-/m0/s1. The number of aliphatic carboxylic acids is 1. The third-order valence-corrected chi connectivity index (χ3v) is 6.04. The van der Waals surface area contributed by atoms with Crippen LogP contribution in [0.2, 0.25) is 0 Å². The molecule has 158 valence electrons. The Morgan fingerprint density at radius 2 is 1.80 bits per heavy atom. The largest absolute Gasteiger partial charge is 0.490 e. The van der Waals surface area contributed by atoms with E-state index in [1.165, 1.54) is 0 Å². The number of aliphatic hydroxyl groups is 1. The van der Waals surface area contributed by atoms with Crippen molar-refractivity contribution in [1.82, 2.24) is 4.90 Å². The third kappa shape index (κ3) is 3.91. The number of hydrogen-bond acceptors (Lipinski definition) is 5. The number of amides is 1. The van der Waals surface area contributed by atoms with Crippen molar-refractivity contribution in [2.45, 2.75) is 18.9 Å². The summed E-state index contributed by atoms with van der Waals surface area (Å²) in [5, 5.41) is 20.7. The molecular weight excluding hydrogens is 384 g/mol. The highest BCUT2D eigenvalue weighted by Gasteiger charge is 2.49. The number of ether oxygens (including phenoxy) is 1. The fourth-order valence-corrected chi connectivity index (χ4v) is 4.42. The Kier molecular flexibility index (Phi) is 5.74. The van der Waals surface area contributed by atoms with Crippen LogP contribution in [0.3, 0.4) is 0 Å². The van der Waals surface area contributed by atoms with Gasteiger partial charge >= 0.3 is 5.97 Å². The van der Waals surface area contributed by atoms with Crippen LogP contribution in [0, 0.1) is 5.41 Å². The van der Waals surface area contributed by atoms with Gasteiger partial charge in [0.1, 0.15) is 17.8 Å². The van der Waals surface area contributed by atoms with Crippen molar-refractivity contribution in [2.75, 3.05) is 37.7 Å². The molecule has 1 amide bonds. The van der Waals surface area contributed by atoms with Crippen molar-refractivity contribution >= 4 is 17.6 Å². The molecule has 2 aliphatic heterocycles. The lowest BCUT2D eigenvalue weighted by atomic mass is 9.73. The molecule has 2 heterocycles. The number of nitrogens with zero attached hydrogens (tertiary/aromatic N) is 2. The lowest BCUT2D eigenvalue weighted by Gasteiger charge is -2.43. The SMILES string of the molecule is O=C(CN1CC[C@H](O)[C@@](Cc2ccccc2)(C(=O)O)C1)N1CCOc2ccccc21. The number of carboxylic acid groups (broad SMARTS) is 1. The number of para-hydroxylation sites is 2. The number of hydrogen-bond donors (Lipinski definition) is 2. The van der Waals surface area contributed by atoms with Crippen LogP contribution in [0.5, 0.6) is 5.75 Å². The summed E-state index contributed by atoms with van der Waals surface area (Å²) < 4.78 is 5.62. The molecular formula is C23H26N2O5. The van der Waals surface area contributed by atoms with Crippen LogP contribution in [0.1, 0.15) is 12.0 Å². The number of aliphatic hydroxyl groups excluding tert-OH is 1. The Labute approximate surface area is 175 Å². The first kappa shape index (κ1) is 20.4. The predicted molar refractivity (Wildman–Crippen MR) is 112 cm³/mol. The maximum absolute atomic E-state index is 13.1. The monoisotopic (exact) mass is 410 g/mol. The molecule has 7 heteroatoms. The number of benzene rings is 2. The molecule has 2 aromatic rings. The Hall–Kier alpha value is -2.90. The zero-order chi connectivity index (χ0) is 21.1. The van der Waals surface area contributed by atoms with E-state index in [-0.39, 0.29) is 25.4 Å². The summed E-state index contributed by atoms with van der Waals surface area (Å²) >= 11 is 0. The van der Waals surface area contributed by atoms with Crippen molar-refractivity contribution in [3.8, 4) is 5.75 Å². The van der Waals surface area contributed by atoms with Crippen molar-refractivity contribution in [3.63, 3.8) is 0 Å². The van der Waals surface area contributed by atoms with E-state index < -0.39 is 17.5 Å². The van der Waals surface area contributed by atoms with Gasteiger partial charge in [-0.05, 0) is 30.5 Å².